The predicted octanol–water partition coefficient (Wildman–Crippen LogP) is 2.36. The van der Waals surface area contributed by atoms with E-state index in [-0.39, 0.29) is 24.2 Å². The van der Waals surface area contributed by atoms with Crippen LogP contribution in [-0.2, 0) is 20.7 Å². The van der Waals surface area contributed by atoms with E-state index in [1.54, 1.807) is 26.0 Å². The van der Waals surface area contributed by atoms with Crippen molar-refractivity contribution in [2.45, 2.75) is 33.1 Å². The van der Waals surface area contributed by atoms with Crippen LogP contribution in [0.4, 0.5) is 0 Å². The Kier molecular flexibility index (Phi) is 6.67. The summed E-state index contributed by atoms with van der Waals surface area (Å²) in [6, 6.07) is 3.72. The van der Waals surface area contributed by atoms with Crippen molar-refractivity contribution >= 4 is 11.9 Å². The summed E-state index contributed by atoms with van der Waals surface area (Å²) in [5.74, 6) is 0.853. The smallest absolute Gasteiger partial charge is 0.310 e. The van der Waals surface area contributed by atoms with Crippen molar-refractivity contribution in [3.05, 3.63) is 23.3 Å². The molecule has 0 bridgehead atoms. The highest BCUT2D eigenvalue weighted by Gasteiger charge is 2.29. The van der Waals surface area contributed by atoms with Gasteiger partial charge in [0.05, 0.1) is 33.2 Å². The lowest BCUT2D eigenvalue weighted by Gasteiger charge is -2.31. The number of hydrogen-bond acceptors (Lipinski definition) is 5. The number of benzene rings is 1. The van der Waals surface area contributed by atoms with Gasteiger partial charge in [-0.25, -0.2) is 0 Å². The molecule has 1 atom stereocenters. The van der Waals surface area contributed by atoms with Gasteiger partial charge in [0.15, 0.2) is 11.5 Å². The lowest BCUT2D eigenvalue weighted by molar-refractivity contribution is -0.151. The molecule has 1 aromatic carbocycles. The second-order valence-corrected chi connectivity index (χ2v) is 6.24. The van der Waals surface area contributed by atoms with Crippen LogP contribution in [0.15, 0.2) is 12.1 Å². The van der Waals surface area contributed by atoms with Crippen LogP contribution in [0.3, 0.4) is 0 Å². The highest BCUT2D eigenvalue weighted by atomic mass is 16.5. The van der Waals surface area contributed by atoms with E-state index in [2.05, 4.69) is 0 Å². The molecule has 1 aromatic rings. The number of aryl methyl sites for hydroxylation is 1. The maximum Gasteiger partial charge on any atom is 0.310 e. The first-order valence-corrected chi connectivity index (χ1v) is 8.66. The number of ether oxygens (including phenoxy) is 3. The number of amides is 1. The zero-order valence-electron chi connectivity index (χ0n) is 15.5. The van der Waals surface area contributed by atoms with Crippen LogP contribution in [0.2, 0.25) is 0 Å². The van der Waals surface area contributed by atoms with Gasteiger partial charge in [-0.3, -0.25) is 9.59 Å². The third-order valence-corrected chi connectivity index (χ3v) is 4.58. The Bertz CT molecular complexity index is 628. The lowest BCUT2D eigenvalue weighted by Crippen LogP contribution is -2.43. The molecule has 25 heavy (non-hydrogen) atoms. The Hall–Kier alpha value is -2.24. The van der Waals surface area contributed by atoms with Crippen molar-refractivity contribution in [3.8, 4) is 11.5 Å². The van der Waals surface area contributed by atoms with Gasteiger partial charge in [-0.1, -0.05) is 0 Å². The number of hydrogen-bond donors (Lipinski definition) is 0. The molecule has 1 fully saturated rings. The third kappa shape index (κ3) is 4.65. The summed E-state index contributed by atoms with van der Waals surface area (Å²) >= 11 is 0. The van der Waals surface area contributed by atoms with Crippen molar-refractivity contribution in [2.75, 3.05) is 33.9 Å². The summed E-state index contributed by atoms with van der Waals surface area (Å²) in [6.45, 7) is 5.23. The fraction of sp³-hybridized carbons (Fsp3) is 0.579. The van der Waals surface area contributed by atoms with Gasteiger partial charge in [-0.05, 0) is 49.9 Å². The van der Waals surface area contributed by atoms with Crippen molar-refractivity contribution in [1.82, 2.24) is 4.90 Å². The molecule has 2 rings (SSSR count). The number of piperidine rings is 1. The van der Waals surface area contributed by atoms with Gasteiger partial charge < -0.3 is 19.1 Å². The SMILES string of the molecule is CCOC(=O)C1CCCN(C(=O)Cc2cc(OC)c(OC)cc2C)C1. The van der Waals surface area contributed by atoms with Crippen LogP contribution in [0, 0.1) is 12.8 Å². The molecule has 1 amide bonds. The molecule has 1 aliphatic heterocycles. The number of carbonyl (C=O) groups is 2. The maximum atomic E-state index is 12.7. The van der Waals surface area contributed by atoms with Crippen LogP contribution in [0.1, 0.15) is 30.9 Å². The molecular weight excluding hydrogens is 322 g/mol. The Morgan fingerprint density at radius 3 is 2.52 bits per heavy atom. The molecule has 0 aromatic heterocycles. The molecule has 1 aliphatic rings. The molecule has 1 unspecified atom stereocenters. The predicted molar refractivity (Wildman–Crippen MR) is 93.9 cm³/mol. The number of esters is 1. The van der Waals surface area contributed by atoms with Crippen LogP contribution >= 0.6 is 0 Å². The zero-order chi connectivity index (χ0) is 18.4. The average molecular weight is 349 g/mol. The van der Waals surface area contributed by atoms with Crippen molar-refractivity contribution in [2.24, 2.45) is 5.92 Å². The quantitative estimate of drug-likeness (QED) is 0.738. The summed E-state index contributed by atoms with van der Waals surface area (Å²) < 4.78 is 15.7. The number of nitrogens with zero attached hydrogens (tertiary/aromatic N) is 1. The van der Waals surface area contributed by atoms with Gasteiger partial charge in [0.25, 0.3) is 0 Å². The molecule has 138 valence electrons. The summed E-state index contributed by atoms with van der Waals surface area (Å²) in [5, 5.41) is 0. The summed E-state index contributed by atoms with van der Waals surface area (Å²) in [7, 11) is 3.17. The fourth-order valence-corrected chi connectivity index (χ4v) is 3.14. The van der Waals surface area contributed by atoms with Gasteiger partial charge in [-0.2, -0.15) is 0 Å². The molecule has 1 heterocycles. The van der Waals surface area contributed by atoms with Gasteiger partial charge in [0.2, 0.25) is 5.91 Å². The number of rotatable bonds is 6. The molecule has 6 nitrogen and oxygen atoms in total. The Morgan fingerprint density at radius 1 is 1.20 bits per heavy atom. The van der Waals surface area contributed by atoms with E-state index >= 15 is 0 Å². The molecule has 6 heteroatoms. The van der Waals surface area contributed by atoms with E-state index in [4.69, 9.17) is 14.2 Å². The lowest BCUT2D eigenvalue weighted by atomic mass is 9.97. The summed E-state index contributed by atoms with van der Waals surface area (Å²) in [4.78, 5) is 26.4. The van der Waals surface area contributed by atoms with Crippen molar-refractivity contribution in [3.63, 3.8) is 0 Å². The maximum absolute atomic E-state index is 12.7. The standard InChI is InChI=1S/C19H27NO5/c1-5-25-19(22)14-7-6-8-20(12-14)18(21)11-15-10-17(24-4)16(23-3)9-13(15)2/h9-10,14H,5-8,11-12H2,1-4H3. The highest BCUT2D eigenvalue weighted by Crippen LogP contribution is 2.31. The molecule has 0 spiro atoms. The van der Waals surface area contributed by atoms with E-state index in [9.17, 15) is 9.59 Å². The second-order valence-electron chi connectivity index (χ2n) is 6.24. The van der Waals surface area contributed by atoms with E-state index in [0.29, 0.717) is 31.2 Å². The Labute approximate surface area is 149 Å². The van der Waals surface area contributed by atoms with Gasteiger partial charge in [0, 0.05) is 13.1 Å². The number of likely N-dealkylation sites (tertiary alicyclic amines) is 1. The molecule has 1 saturated heterocycles. The van der Waals surface area contributed by atoms with Crippen molar-refractivity contribution < 1.29 is 23.8 Å². The third-order valence-electron chi connectivity index (χ3n) is 4.58. The minimum Gasteiger partial charge on any atom is -0.493 e. The van der Waals surface area contributed by atoms with E-state index < -0.39 is 0 Å². The first-order chi connectivity index (χ1) is 12.0. The van der Waals surface area contributed by atoms with Gasteiger partial charge in [-0.15, -0.1) is 0 Å². The van der Waals surface area contributed by atoms with Gasteiger partial charge >= 0.3 is 5.97 Å². The number of methoxy groups -OCH3 is 2. The highest BCUT2D eigenvalue weighted by molar-refractivity contribution is 5.81. The van der Waals surface area contributed by atoms with E-state index in [1.165, 1.54) is 0 Å². The zero-order valence-corrected chi connectivity index (χ0v) is 15.5. The molecule has 0 aliphatic carbocycles. The van der Waals surface area contributed by atoms with Crippen LogP contribution in [-0.4, -0.2) is 50.7 Å². The monoisotopic (exact) mass is 349 g/mol. The molecular formula is C19H27NO5. The van der Waals surface area contributed by atoms with Crippen LogP contribution in [0.25, 0.3) is 0 Å². The van der Waals surface area contributed by atoms with Crippen molar-refractivity contribution in [1.29, 1.82) is 0 Å². The second kappa shape index (κ2) is 8.74. The first kappa shape index (κ1) is 19.1. The average Bonchev–Trinajstić information content (AvgIpc) is 2.63. The van der Waals surface area contributed by atoms with Crippen LogP contribution in [0.5, 0.6) is 11.5 Å². The molecule has 0 radical (unpaired) electrons. The van der Waals surface area contributed by atoms with Crippen LogP contribution < -0.4 is 9.47 Å². The van der Waals surface area contributed by atoms with E-state index in [1.807, 2.05) is 19.1 Å². The Balaban J connectivity index is 2.07. The minimum absolute atomic E-state index is 0.0179. The minimum atomic E-state index is -0.218. The Morgan fingerprint density at radius 2 is 1.88 bits per heavy atom. The van der Waals surface area contributed by atoms with E-state index in [0.717, 1.165) is 24.0 Å². The normalized spacial score (nSPS) is 17.1. The largest absolute Gasteiger partial charge is 0.493 e. The fourth-order valence-electron chi connectivity index (χ4n) is 3.14. The summed E-state index contributed by atoms with van der Waals surface area (Å²) in [6.07, 6.45) is 1.87. The molecule has 0 saturated carbocycles. The number of carbonyl (C=O) groups excluding carboxylic acids is 2. The first-order valence-electron chi connectivity index (χ1n) is 8.66. The van der Waals surface area contributed by atoms with Gasteiger partial charge in [0.1, 0.15) is 0 Å². The topological polar surface area (TPSA) is 65.1 Å². The summed E-state index contributed by atoms with van der Waals surface area (Å²) in [5.41, 5.74) is 1.88. The molecule has 0 N–H and O–H groups in total.